The summed E-state index contributed by atoms with van der Waals surface area (Å²) >= 11 is 0. The number of carbonyl (C=O) groups excluding carboxylic acids is 1. The standard InChI is InChI=1S/C7H12F3NO2/c1-3-4-6(12)13-11-5(2)7(8,9)10/h5,11H,3-4H2,1-2H3. The quantitative estimate of drug-likeness (QED) is 0.701. The molecule has 0 aromatic carbocycles. The van der Waals surface area contributed by atoms with Crippen LogP contribution in [0.4, 0.5) is 13.2 Å². The highest BCUT2D eigenvalue weighted by Gasteiger charge is 2.36. The largest absolute Gasteiger partial charge is 0.406 e. The lowest BCUT2D eigenvalue weighted by Crippen LogP contribution is -2.40. The number of rotatable bonds is 4. The van der Waals surface area contributed by atoms with Crippen LogP contribution in [0, 0.1) is 0 Å². The molecule has 0 aliphatic rings. The number of hydrogen-bond donors (Lipinski definition) is 1. The highest BCUT2D eigenvalue weighted by molar-refractivity contribution is 5.68. The summed E-state index contributed by atoms with van der Waals surface area (Å²) in [6, 6.07) is -1.84. The fourth-order valence-corrected chi connectivity index (χ4v) is 0.476. The van der Waals surface area contributed by atoms with Gasteiger partial charge < -0.3 is 4.84 Å². The van der Waals surface area contributed by atoms with Gasteiger partial charge in [-0.1, -0.05) is 6.92 Å². The number of alkyl halides is 3. The summed E-state index contributed by atoms with van der Waals surface area (Å²) < 4.78 is 35.5. The molecule has 0 bridgehead atoms. The van der Waals surface area contributed by atoms with Crippen molar-refractivity contribution in [1.82, 2.24) is 5.48 Å². The Balaban J connectivity index is 3.70. The molecule has 1 atom stereocenters. The molecule has 0 saturated heterocycles. The molecule has 1 N–H and O–H groups in total. The van der Waals surface area contributed by atoms with Crippen LogP contribution in [-0.2, 0) is 9.63 Å². The molecule has 0 radical (unpaired) electrons. The molecule has 0 aromatic heterocycles. The molecule has 0 aliphatic carbocycles. The summed E-state index contributed by atoms with van der Waals surface area (Å²) in [5, 5.41) is 0. The van der Waals surface area contributed by atoms with Crippen molar-refractivity contribution < 1.29 is 22.8 Å². The first-order valence-electron chi connectivity index (χ1n) is 3.89. The summed E-state index contributed by atoms with van der Waals surface area (Å²) in [6.07, 6.45) is -3.75. The second-order valence-electron chi connectivity index (χ2n) is 2.61. The van der Waals surface area contributed by atoms with Crippen molar-refractivity contribution in [3.63, 3.8) is 0 Å². The monoisotopic (exact) mass is 199 g/mol. The average molecular weight is 199 g/mol. The Bertz CT molecular complexity index is 170. The van der Waals surface area contributed by atoms with Crippen LogP contribution in [0.5, 0.6) is 0 Å². The van der Waals surface area contributed by atoms with Crippen LogP contribution in [0.3, 0.4) is 0 Å². The Morgan fingerprint density at radius 3 is 2.46 bits per heavy atom. The maximum Gasteiger partial charge on any atom is 0.406 e. The molecule has 6 heteroatoms. The number of carbonyl (C=O) groups is 1. The third-order valence-electron chi connectivity index (χ3n) is 1.29. The van der Waals surface area contributed by atoms with Crippen molar-refractivity contribution in [2.45, 2.75) is 38.9 Å². The lowest BCUT2D eigenvalue weighted by molar-refractivity contribution is -0.187. The number of hydrogen-bond acceptors (Lipinski definition) is 3. The predicted molar refractivity (Wildman–Crippen MR) is 39.7 cm³/mol. The second kappa shape index (κ2) is 5.06. The van der Waals surface area contributed by atoms with Gasteiger partial charge in [-0.2, -0.15) is 13.2 Å². The lowest BCUT2D eigenvalue weighted by atomic mass is 10.3. The molecule has 0 saturated carbocycles. The zero-order chi connectivity index (χ0) is 10.5. The molecular weight excluding hydrogens is 187 g/mol. The Morgan fingerprint density at radius 1 is 1.54 bits per heavy atom. The van der Waals surface area contributed by atoms with Gasteiger partial charge in [-0.3, -0.25) is 4.79 Å². The second-order valence-corrected chi connectivity index (χ2v) is 2.61. The van der Waals surface area contributed by atoms with Crippen LogP contribution >= 0.6 is 0 Å². The van der Waals surface area contributed by atoms with E-state index in [0.29, 0.717) is 6.42 Å². The van der Waals surface area contributed by atoms with E-state index in [-0.39, 0.29) is 6.42 Å². The Kier molecular flexibility index (Phi) is 4.76. The first-order valence-corrected chi connectivity index (χ1v) is 3.89. The van der Waals surface area contributed by atoms with Gasteiger partial charge in [0.25, 0.3) is 0 Å². The van der Waals surface area contributed by atoms with Crippen molar-refractivity contribution in [2.24, 2.45) is 0 Å². The van der Waals surface area contributed by atoms with Gasteiger partial charge in [0.1, 0.15) is 6.04 Å². The molecule has 78 valence electrons. The van der Waals surface area contributed by atoms with Crippen molar-refractivity contribution in [1.29, 1.82) is 0 Å². The fraction of sp³-hybridized carbons (Fsp3) is 0.857. The molecule has 1 unspecified atom stereocenters. The Labute approximate surface area is 74.2 Å². The minimum absolute atomic E-state index is 0.109. The van der Waals surface area contributed by atoms with E-state index in [2.05, 4.69) is 4.84 Å². The first-order chi connectivity index (χ1) is 5.88. The van der Waals surface area contributed by atoms with Gasteiger partial charge in [-0.05, 0) is 13.3 Å². The van der Waals surface area contributed by atoms with E-state index in [1.165, 1.54) is 0 Å². The van der Waals surface area contributed by atoms with Gasteiger partial charge in [0.2, 0.25) is 0 Å². The van der Waals surface area contributed by atoms with Crippen molar-refractivity contribution in [2.75, 3.05) is 0 Å². The number of nitrogens with one attached hydrogen (secondary N) is 1. The van der Waals surface area contributed by atoms with Gasteiger partial charge in [0, 0.05) is 6.42 Å². The molecule has 0 rings (SSSR count). The predicted octanol–water partition coefficient (Wildman–Crippen LogP) is 1.79. The Hall–Kier alpha value is -0.780. The maximum atomic E-state index is 11.8. The smallest absolute Gasteiger partial charge is 0.370 e. The van der Waals surface area contributed by atoms with Crippen LogP contribution < -0.4 is 5.48 Å². The van der Waals surface area contributed by atoms with E-state index in [0.717, 1.165) is 6.92 Å². The number of hydroxylamine groups is 1. The summed E-state index contributed by atoms with van der Waals surface area (Å²) in [5.41, 5.74) is 1.63. The third kappa shape index (κ3) is 5.46. The summed E-state index contributed by atoms with van der Waals surface area (Å²) in [6.45, 7) is 2.60. The van der Waals surface area contributed by atoms with E-state index in [4.69, 9.17) is 0 Å². The van der Waals surface area contributed by atoms with E-state index < -0.39 is 18.2 Å². The SMILES string of the molecule is CCCC(=O)ONC(C)C(F)(F)F. The topological polar surface area (TPSA) is 38.3 Å². The molecule has 0 aromatic rings. The van der Waals surface area contributed by atoms with Crippen molar-refractivity contribution in [3.8, 4) is 0 Å². The van der Waals surface area contributed by atoms with Crippen LogP contribution in [-0.4, -0.2) is 18.2 Å². The lowest BCUT2D eigenvalue weighted by Gasteiger charge is -2.15. The van der Waals surface area contributed by atoms with E-state index in [1.54, 1.807) is 12.4 Å². The normalized spacial score (nSPS) is 13.9. The van der Waals surface area contributed by atoms with Crippen molar-refractivity contribution >= 4 is 5.97 Å². The minimum Gasteiger partial charge on any atom is -0.370 e. The zero-order valence-corrected chi connectivity index (χ0v) is 7.44. The van der Waals surface area contributed by atoms with E-state index >= 15 is 0 Å². The maximum absolute atomic E-state index is 11.8. The molecule has 0 fully saturated rings. The van der Waals surface area contributed by atoms with Crippen LogP contribution in [0.25, 0.3) is 0 Å². The third-order valence-corrected chi connectivity index (χ3v) is 1.29. The van der Waals surface area contributed by atoms with Gasteiger partial charge in [-0.25, -0.2) is 0 Å². The molecule has 13 heavy (non-hydrogen) atoms. The van der Waals surface area contributed by atoms with E-state index in [1.807, 2.05) is 0 Å². The average Bonchev–Trinajstić information content (AvgIpc) is 1.99. The van der Waals surface area contributed by atoms with Gasteiger partial charge >= 0.3 is 12.1 Å². The highest BCUT2D eigenvalue weighted by Crippen LogP contribution is 2.19. The fourth-order valence-electron chi connectivity index (χ4n) is 0.476. The number of halogens is 3. The van der Waals surface area contributed by atoms with Gasteiger partial charge in [-0.15, -0.1) is 5.48 Å². The summed E-state index contributed by atoms with van der Waals surface area (Å²) in [5.74, 6) is -0.682. The highest BCUT2D eigenvalue weighted by atomic mass is 19.4. The zero-order valence-electron chi connectivity index (χ0n) is 7.44. The van der Waals surface area contributed by atoms with E-state index in [9.17, 15) is 18.0 Å². The van der Waals surface area contributed by atoms with Crippen LogP contribution in [0.2, 0.25) is 0 Å². The molecule has 0 spiro atoms. The molecule has 0 amide bonds. The van der Waals surface area contributed by atoms with Crippen molar-refractivity contribution in [3.05, 3.63) is 0 Å². The summed E-state index contributed by atoms with van der Waals surface area (Å²) in [7, 11) is 0. The molecule has 3 nitrogen and oxygen atoms in total. The molecule has 0 heterocycles. The molecular formula is C7H12F3NO2. The summed E-state index contributed by atoms with van der Waals surface area (Å²) in [4.78, 5) is 14.8. The van der Waals surface area contributed by atoms with Gasteiger partial charge in [0.05, 0.1) is 0 Å². The Morgan fingerprint density at radius 2 is 2.08 bits per heavy atom. The first kappa shape index (κ1) is 12.2. The van der Waals surface area contributed by atoms with Crippen LogP contribution in [0.15, 0.2) is 0 Å². The van der Waals surface area contributed by atoms with Crippen LogP contribution in [0.1, 0.15) is 26.7 Å². The van der Waals surface area contributed by atoms with Gasteiger partial charge in [0.15, 0.2) is 0 Å². The molecule has 0 aliphatic heterocycles. The minimum atomic E-state index is -4.40.